The van der Waals surface area contributed by atoms with Crippen molar-refractivity contribution in [1.82, 2.24) is 20.2 Å². The second kappa shape index (κ2) is 8.71. The Balaban J connectivity index is 1.32. The molecule has 8 nitrogen and oxygen atoms in total. The number of hydrogen-bond donors (Lipinski definition) is 0. The van der Waals surface area contributed by atoms with E-state index < -0.39 is 0 Å². The van der Waals surface area contributed by atoms with E-state index in [1.807, 2.05) is 16.8 Å². The lowest BCUT2D eigenvalue weighted by atomic mass is 9.95. The van der Waals surface area contributed by atoms with E-state index in [9.17, 15) is 9.59 Å². The van der Waals surface area contributed by atoms with Crippen LogP contribution in [0.1, 0.15) is 69.3 Å². The van der Waals surface area contributed by atoms with Crippen LogP contribution in [0.15, 0.2) is 18.2 Å². The maximum Gasteiger partial charge on any atom is 0.234 e. The van der Waals surface area contributed by atoms with Crippen LogP contribution in [-0.2, 0) is 22.4 Å². The number of rotatable bonds is 6. The van der Waals surface area contributed by atoms with Crippen molar-refractivity contribution in [3.05, 3.63) is 29.6 Å². The average molecular weight is 397 g/mol. The van der Waals surface area contributed by atoms with Crippen LogP contribution < -0.4 is 9.64 Å². The first kappa shape index (κ1) is 19.5. The van der Waals surface area contributed by atoms with Crippen molar-refractivity contribution in [3.63, 3.8) is 0 Å². The standard InChI is InChI=1S/C21H27N5O3/c1-15(27)25-19-11-10-18(14-16(19)9-12-21(25)28)29-13-5-8-20-22-23-24-26(20)17-6-3-2-4-7-17/h10-11,14,17H,2-9,12-13H2,1H3. The van der Waals surface area contributed by atoms with Crippen molar-refractivity contribution in [2.45, 2.75) is 70.8 Å². The summed E-state index contributed by atoms with van der Waals surface area (Å²) >= 11 is 0. The monoisotopic (exact) mass is 397 g/mol. The number of nitrogens with zero attached hydrogens (tertiary/aromatic N) is 5. The fraction of sp³-hybridized carbons (Fsp3) is 0.571. The third-order valence-corrected chi connectivity index (χ3v) is 5.76. The summed E-state index contributed by atoms with van der Waals surface area (Å²) in [6.07, 6.45) is 8.69. The van der Waals surface area contributed by atoms with Crippen molar-refractivity contribution in [2.24, 2.45) is 0 Å². The van der Waals surface area contributed by atoms with Gasteiger partial charge >= 0.3 is 0 Å². The van der Waals surface area contributed by atoms with E-state index in [1.54, 1.807) is 6.07 Å². The molecule has 0 bridgehead atoms. The highest BCUT2D eigenvalue weighted by Gasteiger charge is 2.27. The van der Waals surface area contributed by atoms with Gasteiger partial charge in [-0.2, -0.15) is 0 Å². The van der Waals surface area contributed by atoms with Crippen LogP contribution in [0, 0.1) is 0 Å². The maximum atomic E-state index is 12.0. The van der Waals surface area contributed by atoms with Crippen molar-refractivity contribution >= 4 is 17.5 Å². The minimum absolute atomic E-state index is 0.144. The number of carbonyl (C=O) groups excluding carboxylic acids is 2. The molecule has 0 N–H and O–H groups in total. The molecular weight excluding hydrogens is 370 g/mol. The molecule has 2 aromatic rings. The number of aromatic nitrogens is 4. The molecule has 1 aromatic carbocycles. The first-order chi connectivity index (χ1) is 14.1. The second-order valence-electron chi connectivity index (χ2n) is 7.82. The van der Waals surface area contributed by atoms with Gasteiger partial charge < -0.3 is 4.74 Å². The van der Waals surface area contributed by atoms with Crippen LogP contribution in [0.2, 0.25) is 0 Å². The highest BCUT2D eigenvalue weighted by Crippen LogP contribution is 2.31. The van der Waals surface area contributed by atoms with Gasteiger partial charge in [-0.3, -0.25) is 14.5 Å². The number of fused-ring (bicyclic) bond motifs is 1. The Labute approximate surface area is 170 Å². The smallest absolute Gasteiger partial charge is 0.234 e. The quantitative estimate of drug-likeness (QED) is 0.696. The molecular formula is C21H27N5O3. The van der Waals surface area contributed by atoms with Crippen LogP contribution >= 0.6 is 0 Å². The average Bonchev–Trinajstić information content (AvgIpc) is 3.20. The Morgan fingerprint density at radius 1 is 1.21 bits per heavy atom. The first-order valence-electron chi connectivity index (χ1n) is 10.5. The molecule has 2 aliphatic rings. The Bertz CT molecular complexity index is 888. The van der Waals surface area contributed by atoms with E-state index in [-0.39, 0.29) is 11.8 Å². The number of ether oxygens (including phenoxy) is 1. The Hall–Kier alpha value is -2.77. The third kappa shape index (κ3) is 4.31. The largest absolute Gasteiger partial charge is 0.494 e. The van der Waals surface area contributed by atoms with Gasteiger partial charge in [0.15, 0.2) is 5.82 Å². The number of amides is 2. The second-order valence-corrected chi connectivity index (χ2v) is 7.82. The molecule has 0 spiro atoms. The van der Waals surface area contributed by atoms with Gasteiger partial charge in [-0.15, -0.1) is 5.10 Å². The molecule has 0 unspecified atom stereocenters. The van der Waals surface area contributed by atoms with Gasteiger partial charge in [0.2, 0.25) is 11.8 Å². The zero-order chi connectivity index (χ0) is 20.2. The molecule has 1 aliphatic carbocycles. The summed E-state index contributed by atoms with van der Waals surface area (Å²) < 4.78 is 7.92. The summed E-state index contributed by atoms with van der Waals surface area (Å²) in [4.78, 5) is 25.0. The lowest BCUT2D eigenvalue weighted by Crippen LogP contribution is -2.38. The van der Waals surface area contributed by atoms with Gasteiger partial charge in [0.1, 0.15) is 5.75 Å². The maximum absolute atomic E-state index is 12.0. The number of imide groups is 1. The fourth-order valence-corrected chi connectivity index (χ4v) is 4.31. The summed E-state index contributed by atoms with van der Waals surface area (Å²) in [6, 6.07) is 5.98. The van der Waals surface area contributed by atoms with Gasteiger partial charge in [-0.05, 0) is 59.9 Å². The summed E-state index contributed by atoms with van der Waals surface area (Å²) in [5.74, 6) is 1.30. The molecule has 1 aromatic heterocycles. The lowest BCUT2D eigenvalue weighted by Gasteiger charge is -2.27. The SMILES string of the molecule is CC(=O)N1C(=O)CCc2cc(OCCCc3nnnn3C3CCCCC3)ccc21. The highest BCUT2D eigenvalue weighted by molar-refractivity contribution is 6.15. The molecule has 2 heterocycles. The van der Waals surface area contributed by atoms with Gasteiger partial charge in [-0.1, -0.05) is 19.3 Å². The van der Waals surface area contributed by atoms with Crippen molar-refractivity contribution < 1.29 is 14.3 Å². The number of benzene rings is 1. The molecule has 8 heteroatoms. The van der Waals surface area contributed by atoms with Crippen LogP contribution in [0.4, 0.5) is 5.69 Å². The molecule has 1 aliphatic heterocycles. The van der Waals surface area contributed by atoms with Crippen LogP contribution in [-0.4, -0.2) is 38.6 Å². The lowest BCUT2D eigenvalue weighted by molar-refractivity contribution is -0.125. The van der Waals surface area contributed by atoms with Gasteiger partial charge in [0, 0.05) is 19.8 Å². The summed E-state index contributed by atoms with van der Waals surface area (Å²) in [5, 5.41) is 12.3. The van der Waals surface area contributed by atoms with Crippen LogP contribution in [0.25, 0.3) is 0 Å². The van der Waals surface area contributed by atoms with Crippen molar-refractivity contribution in [3.8, 4) is 5.75 Å². The summed E-state index contributed by atoms with van der Waals surface area (Å²) in [5.41, 5.74) is 1.64. The zero-order valence-electron chi connectivity index (χ0n) is 16.8. The van der Waals surface area contributed by atoms with E-state index in [2.05, 4.69) is 15.5 Å². The highest BCUT2D eigenvalue weighted by atomic mass is 16.5. The normalized spacial score (nSPS) is 17.3. The van der Waals surface area contributed by atoms with Gasteiger partial charge in [0.05, 0.1) is 18.3 Å². The van der Waals surface area contributed by atoms with Crippen LogP contribution in [0.5, 0.6) is 5.75 Å². The molecule has 4 rings (SSSR count). The fourth-order valence-electron chi connectivity index (χ4n) is 4.31. The van der Waals surface area contributed by atoms with Crippen LogP contribution in [0.3, 0.4) is 0 Å². The van der Waals surface area contributed by atoms with E-state index in [1.165, 1.54) is 31.1 Å². The van der Waals surface area contributed by atoms with E-state index >= 15 is 0 Å². The Morgan fingerprint density at radius 3 is 2.83 bits per heavy atom. The molecule has 0 saturated heterocycles. The minimum atomic E-state index is -0.250. The minimum Gasteiger partial charge on any atom is -0.494 e. The van der Waals surface area contributed by atoms with Gasteiger partial charge in [-0.25, -0.2) is 4.68 Å². The number of hydrogen-bond acceptors (Lipinski definition) is 6. The molecule has 1 saturated carbocycles. The molecule has 1 fully saturated rings. The molecule has 0 radical (unpaired) electrons. The number of tetrazole rings is 1. The van der Waals surface area contributed by atoms with E-state index in [0.29, 0.717) is 31.2 Å². The summed E-state index contributed by atoms with van der Waals surface area (Å²) in [7, 11) is 0. The predicted octanol–water partition coefficient (Wildman–Crippen LogP) is 3.02. The predicted molar refractivity (Wildman–Crippen MR) is 107 cm³/mol. The topological polar surface area (TPSA) is 90.2 Å². The Kier molecular flexibility index (Phi) is 5.87. The first-order valence-corrected chi connectivity index (χ1v) is 10.5. The number of anilines is 1. The molecule has 154 valence electrons. The van der Waals surface area contributed by atoms with Crippen molar-refractivity contribution in [1.29, 1.82) is 0 Å². The van der Waals surface area contributed by atoms with E-state index in [0.717, 1.165) is 42.8 Å². The number of aryl methyl sites for hydroxylation is 2. The third-order valence-electron chi connectivity index (χ3n) is 5.76. The number of carbonyl (C=O) groups is 2. The molecule has 29 heavy (non-hydrogen) atoms. The summed E-state index contributed by atoms with van der Waals surface area (Å²) in [6.45, 7) is 1.98. The van der Waals surface area contributed by atoms with Gasteiger partial charge in [0.25, 0.3) is 0 Å². The zero-order valence-corrected chi connectivity index (χ0v) is 16.8. The Morgan fingerprint density at radius 2 is 2.03 bits per heavy atom. The molecule has 2 amide bonds. The van der Waals surface area contributed by atoms with Crippen molar-refractivity contribution in [2.75, 3.05) is 11.5 Å². The molecule has 0 atom stereocenters. The van der Waals surface area contributed by atoms with E-state index in [4.69, 9.17) is 4.74 Å².